The normalized spacial score (nSPS) is 17.7. The molecule has 1 aromatic rings. The van der Waals surface area contributed by atoms with Gasteiger partial charge in [-0.25, -0.2) is 0 Å². The number of rotatable bonds is 4. The van der Waals surface area contributed by atoms with E-state index in [1.807, 2.05) is 4.90 Å². The van der Waals surface area contributed by atoms with Crippen molar-refractivity contribution in [2.24, 2.45) is 0 Å². The molecule has 0 atom stereocenters. The third kappa shape index (κ3) is 4.05. The van der Waals surface area contributed by atoms with E-state index in [2.05, 4.69) is 9.17 Å². The van der Waals surface area contributed by atoms with Gasteiger partial charge in [0, 0.05) is 25.8 Å². The molecule has 1 aliphatic heterocycles. The molecule has 0 aliphatic carbocycles. The lowest BCUT2D eigenvalue weighted by Gasteiger charge is -2.26. The van der Waals surface area contributed by atoms with Crippen molar-refractivity contribution < 1.29 is 30.5 Å². The molecule has 10 heteroatoms. The van der Waals surface area contributed by atoms with Gasteiger partial charge in [0.05, 0.1) is 18.9 Å². The summed E-state index contributed by atoms with van der Waals surface area (Å²) >= 11 is 0. The predicted molar refractivity (Wildman–Crippen MR) is 65.9 cm³/mol. The van der Waals surface area contributed by atoms with Crippen LogP contribution in [-0.4, -0.2) is 50.1 Å². The lowest BCUT2D eigenvalue weighted by Crippen LogP contribution is -2.36. The lowest BCUT2D eigenvalue weighted by molar-refractivity contribution is -0.0500. The Balaban J connectivity index is 2.17. The summed E-state index contributed by atoms with van der Waals surface area (Å²) in [6.07, 6.45) is 1.36. The highest BCUT2D eigenvalue weighted by molar-refractivity contribution is 7.88. The smallest absolute Gasteiger partial charge is 0.379 e. The lowest BCUT2D eigenvalue weighted by atomic mass is 10.3. The monoisotopic (exact) mass is 326 g/mol. The fourth-order valence-corrected chi connectivity index (χ4v) is 2.24. The van der Waals surface area contributed by atoms with Crippen LogP contribution in [0.15, 0.2) is 18.3 Å². The van der Waals surface area contributed by atoms with Gasteiger partial charge in [0.15, 0.2) is 5.75 Å². The highest BCUT2D eigenvalue weighted by Gasteiger charge is 2.48. The minimum absolute atomic E-state index is 0.132. The summed E-state index contributed by atoms with van der Waals surface area (Å²) in [5, 5.41) is 0. The van der Waals surface area contributed by atoms with Crippen molar-refractivity contribution in [3.63, 3.8) is 0 Å². The molecule has 0 bridgehead atoms. The van der Waals surface area contributed by atoms with Crippen LogP contribution in [-0.2, 0) is 21.4 Å². The fraction of sp³-hybridized carbons (Fsp3) is 0.545. The van der Waals surface area contributed by atoms with Crippen LogP contribution < -0.4 is 4.18 Å². The maximum absolute atomic E-state index is 12.3. The molecule has 1 saturated heterocycles. The number of morpholine rings is 1. The Morgan fingerprint density at radius 2 is 2.00 bits per heavy atom. The molecule has 1 aliphatic rings. The quantitative estimate of drug-likeness (QED) is 0.611. The molecule has 1 fully saturated rings. The van der Waals surface area contributed by atoms with Crippen molar-refractivity contribution in [2.75, 3.05) is 26.3 Å². The average Bonchev–Trinajstić information content (AvgIpc) is 2.40. The van der Waals surface area contributed by atoms with E-state index in [0.29, 0.717) is 26.3 Å². The van der Waals surface area contributed by atoms with Gasteiger partial charge in [-0.2, -0.15) is 21.6 Å². The molecule has 118 valence electrons. The van der Waals surface area contributed by atoms with Gasteiger partial charge in [-0.1, -0.05) is 0 Å². The van der Waals surface area contributed by atoms with E-state index in [1.54, 1.807) is 0 Å². The number of halogens is 3. The van der Waals surface area contributed by atoms with Gasteiger partial charge in [0.25, 0.3) is 0 Å². The first-order chi connectivity index (χ1) is 9.79. The SMILES string of the molecule is O=S(=O)(Oc1cccnc1CN1CCOCC1)C(F)(F)F. The third-order valence-electron chi connectivity index (χ3n) is 2.81. The molecule has 0 saturated carbocycles. The zero-order chi connectivity index (χ0) is 15.5. The van der Waals surface area contributed by atoms with Gasteiger partial charge >= 0.3 is 15.6 Å². The number of hydrogen-bond donors (Lipinski definition) is 0. The van der Waals surface area contributed by atoms with Gasteiger partial charge in [0.1, 0.15) is 0 Å². The predicted octanol–water partition coefficient (Wildman–Crippen LogP) is 1.14. The minimum atomic E-state index is -5.70. The van der Waals surface area contributed by atoms with Gasteiger partial charge in [-0.3, -0.25) is 9.88 Å². The van der Waals surface area contributed by atoms with Crippen LogP contribution in [0, 0.1) is 0 Å². The summed E-state index contributed by atoms with van der Waals surface area (Å²) in [7, 11) is -5.70. The van der Waals surface area contributed by atoms with Crippen molar-refractivity contribution in [1.82, 2.24) is 9.88 Å². The second-order valence-electron chi connectivity index (χ2n) is 4.32. The Labute approximate surface area is 119 Å². The van der Waals surface area contributed by atoms with Crippen LogP contribution in [0.5, 0.6) is 5.75 Å². The number of pyridine rings is 1. The summed E-state index contributed by atoms with van der Waals surface area (Å²) in [4.78, 5) is 5.79. The van der Waals surface area contributed by atoms with E-state index < -0.39 is 21.4 Å². The minimum Gasteiger partial charge on any atom is -0.379 e. The van der Waals surface area contributed by atoms with Gasteiger partial charge in [-0.15, -0.1) is 0 Å². The topological polar surface area (TPSA) is 68.7 Å². The number of hydrogen-bond acceptors (Lipinski definition) is 6. The van der Waals surface area contributed by atoms with E-state index in [-0.39, 0.29) is 12.2 Å². The summed E-state index contributed by atoms with van der Waals surface area (Å²) < 4.78 is 68.5. The number of aromatic nitrogens is 1. The second kappa shape index (κ2) is 6.16. The Bertz CT molecular complexity index is 585. The standard InChI is InChI=1S/C11H13F3N2O4S/c12-11(13,14)21(17,18)20-10-2-1-3-15-9(10)8-16-4-6-19-7-5-16/h1-3H,4-8H2. The molecule has 2 rings (SSSR count). The van der Waals surface area contributed by atoms with Crippen LogP contribution in [0.25, 0.3) is 0 Å². The van der Waals surface area contributed by atoms with E-state index in [4.69, 9.17) is 4.74 Å². The molecule has 0 aromatic carbocycles. The van der Waals surface area contributed by atoms with Crippen LogP contribution in [0.2, 0.25) is 0 Å². The van der Waals surface area contributed by atoms with Crippen molar-refractivity contribution in [1.29, 1.82) is 0 Å². The molecule has 6 nitrogen and oxygen atoms in total. The zero-order valence-electron chi connectivity index (χ0n) is 10.8. The first-order valence-corrected chi connectivity index (χ1v) is 7.45. The molecule has 2 heterocycles. The van der Waals surface area contributed by atoms with Crippen molar-refractivity contribution >= 4 is 10.1 Å². The van der Waals surface area contributed by atoms with Gasteiger partial charge in [-0.05, 0) is 12.1 Å². The maximum Gasteiger partial charge on any atom is 0.534 e. The Kier molecular flexibility index (Phi) is 4.69. The third-order valence-corrected chi connectivity index (χ3v) is 3.77. The molecule has 0 N–H and O–H groups in total. The van der Waals surface area contributed by atoms with E-state index in [0.717, 1.165) is 6.07 Å². The maximum atomic E-state index is 12.3. The first kappa shape index (κ1) is 16.0. The summed E-state index contributed by atoms with van der Waals surface area (Å²) in [5.41, 5.74) is -5.34. The molecule has 0 radical (unpaired) electrons. The zero-order valence-corrected chi connectivity index (χ0v) is 11.7. The Hall–Kier alpha value is -1.39. The first-order valence-electron chi connectivity index (χ1n) is 6.04. The Morgan fingerprint density at radius 1 is 1.33 bits per heavy atom. The average molecular weight is 326 g/mol. The van der Waals surface area contributed by atoms with Crippen molar-refractivity contribution in [3.05, 3.63) is 24.0 Å². The van der Waals surface area contributed by atoms with Crippen LogP contribution in [0.1, 0.15) is 5.69 Å². The molecule has 0 spiro atoms. The summed E-state index contributed by atoms with van der Waals surface area (Å²) in [6, 6.07) is 2.45. The van der Waals surface area contributed by atoms with E-state index in [9.17, 15) is 21.6 Å². The molecular weight excluding hydrogens is 313 g/mol. The number of ether oxygens (including phenoxy) is 1. The largest absolute Gasteiger partial charge is 0.534 e. The van der Waals surface area contributed by atoms with E-state index >= 15 is 0 Å². The van der Waals surface area contributed by atoms with Crippen LogP contribution in [0.3, 0.4) is 0 Å². The highest BCUT2D eigenvalue weighted by Crippen LogP contribution is 2.28. The van der Waals surface area contributed by atoms with Gasteiger partial charge in [0.2, 0.25) is 0 Å². The van der Waals surface area contributed by atoms with Crippen LogP contribution in [0.4, 0.5) is 13.2 Å². The van der Waals surface area contributed by atoms with Crippen molar-refractivity contribution in [3.8, 4) is 5.75 Å². The molecular formula is C11H13F3N2O4S. The molecule has 21 heavy (non-hydrogen) atoms. The van der Waals surface area contributed by atoms with Crippen LogP contribution >= 0.6 is 0 Å². The van der Waals surface area contributed by atoms with Crippen molar-refractivity contribution in [2.45, 2.75) is 12.1 Å². The number of nitrogens with zero attached hydrogens (tertiary/aromatic N) is 2. The summed E-state index contributed by atoms with van der Waals surface area (Å²) in [5.74, 6) is -0.415. The Morgan fingerprint density at radius 3 is 2.62 bits per heavy atom. The fourth-order valence-electron chi connectivity index (χ4n) is 1.75. The highest BCUT2D eigenvalue weighted by atomic mass is 32.2. The second-order valence-corrected chi connectivity index (χ2v) is 5.86. The molecule has 0 unspecified atom stereocenters. The molecule has 0 amide bonds. The number of alkyl halides is 3. The van der Waals surface area contributed by atoms with Gasteiger partial charge < -0.3 is 8.92 Å². The summed E-state index contributed by atoms with van der Waals surface area (Å²) in [6.45, 7) is 2.37. The molecule has 1 aromatic heterocycles. The van der Waals surface area contributed by atoms with E-state index in [1.165, 1.54) is 12.3 Å².